The van der Waals surface area contributed by atoms with Crippen molar-refractivity contribution in [3.63, 3.8) is 0 Å². The van der Waals surface area contributed by atoms with E-state index in [0.717, 1.165) is 6.07 Å². The summed E-state index contributed by atoms with van der Waals surface area (Å²) in [4.78, 5) is 0.423. The summed E-state index contributed by atoms with van der Waals surface area (Å²) in [5.41, 5.74) is 0. The molecule has 1 aromatic carbocycles. The molecular formula is C8H9ClF2S. The second kappa shape index (κ2) is 3.62. The monoisotopic (exact) mass is 210 g/mol. The van der Waals surface area contributed by atoms with E-state index in [1.807, 2.05) is 12.5 Å². The van der Waals surface area contributed by atoms with Crippen LogP contribution in [0.25, 0.3) is 0 Å². The van der Waals surface area contributed by atoms with Gasteiger partial charge in [-0.1, -0.05) is 11.6 Å². The molecule has 1 aromatic rings. The average Bonchev–Trinajstić information content (AvgIpc) is 1.96. The van der Waals surface area contributed by atoms with Crippen LogP contribution in [0.3, 0.4) is 0 Å². The van der Waals surface area contributed by atoms with Gasteiger partial charge in [-0.05, 0) is 24.6 Å². The summed E-state index contributed by atoms with van der Waals surface area (Å²) < 4.78 is 25.9. The summed E-state index contributed by atoms with van der Waals surface area (Å²) in [6.07, 6.45) is 3.72. The van der Waals surface area contributed by atoms with Crippen molar-refractivity contribution in [3.05, 3.63) is 28.8 Å². The van der Waals surface area contributed by atoms with Crippen molar-refractivity contribution in [2.75, 3.05) is 12.5 Å². The minimum Gasteiger partial charge on any atom is -0.230 e. The average molecular weight is 211 g/mol. The Hall–Kier alpha value is -0.280. The molecule has 0 amide bonds. The highest BCUT2D eigenvalue weighted by Gasteiger charge is 2.09. The van der Waals surface area contributed by atoms with Crippen LogP contribution >= 0.6 is 22.5 Å². The van der Waals surface area contributed by atoms with Crippen LogP contribution in [-0.4, -0.2) is 12.5 Å². The molecule has 68 valence electrons. The van der Waals surface area contributed by atoms with E-state index in [1.54, 1.807) is 0 Å². The largest absolute Gasteiger partial charge is 0.230 e. The van der Waals surface area contributed by atoms with Gasteiger partial charge in [0.2, 0.25) is 0 Å². The second-order valence-corrected chi connectivity index (χ2v) is 5.29. The smallest absolute Gasteiger partial charge is 0.143 e. The van der Waals surface area contributed by atoms with Gasteiger partial charge < -0.3 is 0 Å². The zero-order valence-electron chi connectivity index (χ0n) is 6.74. The van der Waals surface area contributed by atoms with Gasteiger partial charge in [-0.2, -0.15) is 0 Å². The quantitative estimate of drug-likeness (QED) is 0.534. The Balaban J connectivity index is 3.23. The SMILES string of the molecule is C[SH](C)c1cc(F)c(Cl)cc1F. The van der Waals surface area contributed by atoms with Crippen LogP contribution in [0.4, 0.5) is 8.78 Å². The Kier molecular flexibility index (Phi) is 2.96. The Morgan fingerprint density at radius 3 is 2.25 bits per heavy atom. The Bertz CT molecular complexity index is 299. The van der Waals surface area contributed by atoms with Gasteiger partial charge in [0.1, 0.15) is 11.6 Å². The van der Waals surface area contributed by atoms with Crippen LogP contribution in [-0.2, 0) is 0 Å². The van der Waals surface area contributed by atoms with Crippen molar-refractivity contribution in [1.82, 2.24) is 0 Å². The molecule has 0 N–H and O–H groups in total. The normalized spacial score (nSPS) is 11.6. The molecule has 0 atom stereocenters. The predicted molar refractivity (Wildman–Crippen MR) is 50.5 cm³/mol. The number of hydrogen-bond acceptors (Lipinski definition) is 0. The third-order valence-corrected chi connectivity index (χ3v) is 3.07. The van der Waals surface area contributed by atoms with Crippen molar-refractivity contribution in [1.29, 1.82) is 0 Å². The molecule has 0 nitrogen and oxygen atoms in total. The minimum atomic E-state index is -0.619. The third-order valence-electron chi connectivity index (χ3n) is 1.47. The molecule has 0 saturated heterocycles. The van der Waals surface area contributed by atoms with E-state index in [0.29, 0.717) is 4.90 Å². The first-order valence-corrected chi connectivity index (χ1v) is 5.95. The maximum atomic E-state index is 13.0. The van der Waals surface area contributed by atoms with Gasteiger partial charge >= 0.3 is 0 Å². The van der Waals surface area contributed by atoms with Gasteiger partial charge in [0.25, 0.3) is 0 Å². The first kappa shape index (κ1) is 9.81. The Morgan fingerprint density at radius 1 is 1.17 bits per heavy atom. The van der Waals surface area contributed by atoms with Crippen LogP contribution < -0.4 is 0 Å². The fourth-order valence-corrected chi connectivity index (χ4v) is 1.87. The fraction of sp³-hybridized carbons (Fsp3) is 0.250. The molecule has 0 radical (unpaired) electrons. The molecule has 0 aliphatic heterocycles. The van der Waals surface area contributed by atoms with Gasteiger partial charge in [0, 0.05) is 4.90 Å². The van der Waals surface area contributed by atoms with E-state index in [1.165, 1.54) is 6.07 Å². The molecule has 0 bridgehead atoms. The summed E-state index contributed by atoms with van der Waals surface area (Å²) in [6, 6.07) is 2.19. The number of thiol groups is 1. The van der Waals surface area contributed by atoms with Crippen LogP contribution in [0.1, 0.15) is 0 Å². The summed E-state index contributed by atoms with van der Waals surface area (Å²) in [5.74, 6) is -0.971. The van der Waals surface area contributed by atoms with Crippen LogP contribution in [0.2, 0.25) is 5.02 Å². The molecule has 0 spiro atoms. The lowest BCUT2D eigenvalue weighted by Gasteiger charge is -2.10. The molecule has 0 aliphatic rings. The number of halogens is 3. The summed E-state index contributed by atoms with van der Waals surface area (Å²) in [7, 11) is -0.619. The molecule has 0 fully saturated rings. The predicted octanol–water partition coefficient (Wildman–Crippen LogP) is 3.24. The highest BCUT2D eigenvalue weighted by atomic mass is 35.5. The zero-order chi connectivity index (χ0) is 9.30. The van der Waals surface area contributed by atoms with E-state index < -0.39 is 22.5 Å². The van der Waals surface area contributed by atoms with E-state index >= 15 is 0 Å². The lowest BCUT2D eigenvalue weighted by molar-refractivity contribution is 0.577. The fourth-order valence-electron chi connectivity index (χ4n) is 0.855. The van der Waals surface area contributed by atoms with E-state index in [9.17, 15) is 8.78 Å². The highest BCUT2D eigenvalue weighted by molar-refractivity contribution is 8.15. The van der Waals surface area contributed by atoms with Crippen molar-refractivity contribution < 1.29 is 8.78 Å². The molecular weight excluding hydrogens is 202 g/mol. The molecule has 0 heterocycles. The van der Waals surface area contributed by atoms with Gasteiger partial charge in [-0.3, -0.25) is 0 Å². The van der Waals surface area contributed by atoms with Crippen LogP contribution in [0, 0.1) is 11.6 Å². The van der Waals surface area contributed by atoms with Crippen LogP contribution in [0.5, 0.6) is 0 Å². The van der Waals surface area contributed by atoms with E-state index in [-0.39, 0.29) is 5.02 Å². The summed E-state index contributed by atoms with van der Waals surface area (Å²) in [6.45, 7) is 0. The Morgan fingerprint density at radius 2 is 1.75 bits per heavy atom. The lowest BCUT2D eigenvalue weighted by atomic mass is 10.3. The molecule has 0 saturated carbocycles. The maximum absolute atomic E-state index is 13.0. The van der Waals surface area contributed by atoms with Crippen LogP contribution in [0.15, 0.2) is 17.0 Å². The number of rotatable bonds is 1. The molecule has 12 heavy (non-hydrogen) atoms. The summed E-state index contributed by atoms with van der Waals surface area (Å²) >= 11 is 5.38. The molecule has 1 rings (SSSR count). The van der Waals surface area contributed by atoms with Crippen molar-refractivity contribution in [2.45, 2.75) is 4.90 Å². The van der Waals surface area contributed by atoms with E-state index in [2.05, 4.69) is 0 Å². The van der Waals surface area contributed by atoms with Gasteiger partial charge in [0.05, 0.1) is 5.02 Å². The van der Waals surface area contributed by atoms with Gasteiger partial charge in [-0.15, -0.1) is 0 Å². The lowest BCUT2D eigenvalue weighted by Crippen LogP contribution is -1.88. The topological polar surface area (TPSA) is 0 Å². The first-order chi connectivity index (χ1) is 5.52. The minimum absolute atomic E-state index is 0.159. The van der Waals surface area contributed by atoms with Crippen molar-refractivity contribution >= 4 is 22.5 Å². The van der Waals surface area contributed by atoms with Gasteiger partial charge in [0.15, 0.2) is 0 Å². The Labute approximate surface area is 77.9 Å². The summed E-state index contributed by atoms with van der Waals surface area (Å²) in [5, 5.41) is -0.159. The zero-order valence-corrected chi connectivity index (χ0v) is 8.39. The van der Waals surface area contributed by atoms with E-state index in [4.69, 9.17) is 11.6 Å². The van der Waals surface area contributed by atoms with Gasteiger partial charge in [-0.25, -0.2) is 19.7 Å². The molecule has 0 aromatic heterocycles. The standard InChI is InChI=1S/C8H9ClF2S/c1-12(2)8-4-6(10)5(9)3-7(8)11/h3-4,12H,1-2H3. The third kappa shape index (κ3) is 1.90. The van der Waals surface area contributed by atoms with Crippen molar-refractivity contribution in [3.8, 4) is 0 Å². The molecule has 4 heteroatoms. The van der Waals surface area contributed by atoms with Crippen molar-refractivity contribution in [2.24, 2.45) is 0 Å². The maximum Gasteiger partial charge on any atom is 0.143 e. The second-order valence-electron chi connectivity index (χ2n) is 2.61. The highest BCUT2D eigenvalue weighted by Crippen LogP contribution is 2.33. The first-order valence-electron chi connectivity index (χ1n) is 3.34. The molecule has 0 unspecified atom stereocenters. The number of hydrogen-bond donors (Lipinski definition) is 1. The molecule has 0 aliphatic carbocycles. The number of benzene rings is 1.